The molecule has 0 aliphatic rings. The number of ether oxygens (including phenoxy) is 1. The summed E-state index contributed by atoms with van der Waals surface area (Å²) in [6.07, 6.45) is -2.35. The Morgan fingerprint density at radius 1 is 1.00 bits per heavy atom. The van der Waals surface area contributed by atoms with Crippen molar-refractivity contribution in [1.29, 1.82) is 0 Å². The Morgan fingerprint density at radius 3 is 2.53 bits per heavy atom. The number of hydrogen-bond acceptors (Lipinski definition) is 3. The molecule has 2 heterocycles. The van der Waals surface area contributed by atoms with Gasteiger partial charge in [-0.2, -0.15) is 13.2 Å². The summed E-state index contributed by atoms with van der Waals surface area (Å²) in [6, 6.07) is 18.0. The fourth-order valence-electron chi connectivity index (χ4n) is 3.22. The summed E-state index contributed by atoms with van der Waals surface area (Å²) in [6.45, 7) is 0.346. The minimum atomic E-state index is -4.95. The standard InChI is InChI=1S/C24H15ClF3NO2S/c25-18-6-7-21(31-14-15-4-2-1-3-5-15)20(11-18)19-8-9-32-22(19)16-10-17(13-29-12-16)23(30)24(26,27)28/h1-13H,14H2/p+1. The quantitative estimate of drug-likeness (QED) is 0.286. The number of H-pyrrole nitrogens is 1. The van der Waals surface area contributed by atoms with Gasteiger partial charge in [-0.15, -0.1) is 11.3 Å². The van der Waals surface area contributed by atoms with Crippen molar-refractivity contribution in [3.63, 3.8) is 0 Å². The SMILES string of the molecule is O=C(c1c[nH+]cc(-c2sccc2-c2cc(Cl)ccc2OCc2ccccc2)c1)C(F)(F)F. The van der Waals surface area contributed by atoms with Crippen LogP contribution in [0.2, 0.25) is 5.02 Å². The minimum Gasteiger partial charge on any atom is -0.488 e. The van der Waals surface area contributed by atoms with Gasteiger partial charge in [-0.3, -0.25) is 4.79 Å². The lowest BCUT2D eigenvalue weighted by molar-refractivity contribution is -0.377. The van der Waals surface area contributed by atoms with E-state index in [0.29, 0.717) is 33.4 Å². The van der Waals surface area contributed by atoms with Crippen LogP contribution < -0.4 is 9.72 Å². The zero-order chi connectivity index (χ0) is 22.7. The summed E-state index contributed by atoms with van der Waals surface area (Å²) in [5.74, 6) is -1.31. The van der Waals surface area contributed by atoms with E-state index in [4.69, 9.17) is 16.3 Å². The van der Waals surface area contributed by atoms with Gasteiger partial charge in [0, 0.05) is 21.0 Å². The molecule has 2 aromatic heterocycles. The fourth-order valence-corrected chi connectivity index (χ4v) is 4.29. The van der Waals surface area contributed by atoms with Gasteiger partial charge in [0.2, 0.25) is 0 Å². The number of nitrogens with one attached hydrogen (secondary N) is 1. The lowest BCUT2D eigenvalue weighted by Gasteiger charge is -2.13. The number of Topliss-reactive ketones (excluding diaryl/α,β-unsaturated/α-hetero) is 1. The van der Waals surface area contributed by atoms with Crippen molar-refractivity contribution in [2.75, 3.05) is 0 Å². The second-order valence-electron chi connectivity index (χ2n) is 6.92. The Bertz CT molecular complexity index is 1260. The van der Waals surface area contributed by atoms with Gasteiger partial charge in [-0.25, -0.2) is 4.98 Å². The van der Waals surface area contributed by atoms with E-state index in [9.17, 15) is 18.0 Å². The van der Waals surface area contributed by atoms with Gasteiger partial charge in [0.05, 0.1) is 11.1 Å². The van der Waals surface area contributed by atoms with Gasteiger partial charge in [-0.1, -0.05) is 41.9 Å². The van der Waals surface area contributed by atoms with E-state index in [2.05, 4.69) is 4.98 Å². The fraction of sp³-hybridized carbons (Fsp3) is 0.0833. The molecule has 0 bridgehead atoms. The number of pyridine rings is 1. The number of aromatic nitrogens is 1. The van der Waals surface area contributed by atoms with E-state index in [0.717, 1.165) is 17.3 Å². The molecule has 162 valence electrons. The molecule has 1 N–H and O–H groups in total. The highest BCUT2D eigenvalue weighted by atomic mass is 35.5. The summed E-state index contributed by atoms with van der Waals surface area (Å²) in [7, 11) is 0. The van der Waals surface area contributed by atoms with Crippen LogP contribution in [-0.2, 0) is 6.61 Å². The third kappa shape index (κ3) is 4.84. The molecule has 0 unspecified atom stereocenters. The second-order valence-corrected chi connectivity index (χ2v) is 8.27. The van der Waals surface area contributed by atoms with Gasteiger partial charge in [0.25, 0.3) is 5.78 Å². The molecule has 0 radical (unpaired) electrons. The van der Waals surface area contributed by atoms with Gasteiger partial charge < -0.3 is 4.74 Å². The van der Waals surface area contributed by atoms with Crippen LogP contribution in [0.25, 0.3) is 21.6 Å². The predicted octanol–water partition coefficient (Wildman–Crippen LogP) is 6.87. The summed E-state index contributed by atoms with van der Waals surface area (Å²) in [5.41, 5.74) is 2.44. The van der Waals surface area contributed by atoms with Crippen LogP contribution in [0.15, 0.2) is 78.4 Å². The zero-order valence-electron chi connectivity index (χ0n) is 16.4. The van der Waals surface area contributed by atoms with Crippen LogP contribution in [0.4, 0.5) is 13.2 Å². The van der Waals surface area contributed by atoms with Crippen molar-refractivity contribution in [2.45, 2.75) is 12.8 Å². The molecule has 2 aromatic carbocycles. The first-order chi connectivity index (χ1) is 15.3. The average Bonchev–Trinajstić information content (AvgIpc) is 3.28. The van der Waals surface area contributed by atoms with E-state index in [1.807, 2.05) is 41.8 Å². The Morgan fingerprint density at radius 2 is 1.78 bits per heavy atom. The largest absolute Gasteiger partial charge is 0.488 e. The van der Waals surface area contributed by atoms with Crippen LogP contribution in [0, 0.1) is 0 Å². The molecule has 0 saturated carbocycles. The number of alkyl halides is 3. The lowest BCUT2D eigenvalue weighted by Crippen LogP contribution is -2.24. The van der Waals surface area contributed by atoms with Gasteiger partial charge in [0.1, 0.15) is 12.4 Å². The maximum absolute atomic E-state index is 12.9. The molecule has 4 aromatic rings. The lowest BCUT2D eigenvalue weighted by atomic mass is 10.0. The number of thiophene rings is 1. The molecule has 0 aliphatic heterocycles. The highest BCUT2D eigenvalue weighted by Gasteiger charge is 2.40. The third-order valence-corrected chi connectivity index (χ3v) is 5.90. The van der Waals surface area contributed by atoms with Crippen LogP contribution in [0.5, 0.6) is 5.75 Å². The summed E-state index contributed by atoms with van der Waals surface area (Å²) < 4.78 is 44.7. The van der Waals surface area contributed by atoms with E-state index < -0.39 is 17.5 Å². The number of benzene rings is 2. The smallest absolute Gasteiger partial charge is 0.455 e. The molecular weight excluding hydrogens is 459 g/mol. The van der Waals surface area contributed by atoms with Crippen molar-refractivity contribution in [3.05, 3.63) is 94.6 Å². The first-order valence-corrected chi connectivity index (χ1v) is 10.8. The monoisotopic (exact) mass is 474 g/mol. The van der Waals surface area contributed by atoms with E-state index in [1.54, 1.807) is 24.4 Å². The van der Waals surface area contributed by atoms with Crippen LogP contribution in [0.1, 0.15) is 15.9 Å². The number of halogens is 4. The van der Waals surface area contributed by atoms with Crippen LogP contribution in [0.3, 0.4) is 0 Å². The van der Waals surface area contributed by atoms with Crippen molar-refractivity contribution in [2.24, 2.45) is 0 Å². The summed E-state index contributed by atoms with van der Waals surface area (Å²) in [5, 5.41) is 2.32. The van der Waals surface area contributed by atoms with Gasteiger partial charge >= 0.3 is 6.18 Å². The number of carbonyl (C=O) groups is 1. The third-order valence-electron chi connectivity index (χ3n) is 4.70. The molecule has 0 atom stereocenters. The number of hydrogen-bond donors (Lipinski definition) is 0. The van der Waals surface area contributed by atoms with Crippen molar-refractivity contribution in [3.8, 4) is 27.3 Å². The van der Waals surface area contributed by atoms with Gasteiger partial charge in [0.15, 0.2) is 12.4 Å². The highest BCUT2D eigenvalue weighted by molar-refractivity contribution is 7.14. The average molecular weight is 475 g/mol. The number of aromatic amines is 1. The normalized spacial score (nSPS) is 11.4. The first kappa shape index (κ1) is 22.0. The summed E-state index contributed by atoms with van der Waals surface area (Å²) in [4.78, 5) is 15.0. The molecule has 0 saturated heterocycles. The van der Waals surface area contributed by atoms with Crippen LogP contribution in [-0.4, -0.2) is 12.0 Å². The van der Waals surface area contributed by atoms with Crippen molar-refractivity contribution in [1.82, 2.24) is 0 Å². The number of ketones is 1. The topological polar surface area (TPSA) is 40.4 Å². The summed E-state index contributed by atoms with van der Waals surface area (Å²) >= 11 is 7.58. The number of carbonyl (C=O) groups excluding carboxylic acids is 1. The Kier molecular flexibility index (Phi) is 6.30. The van der Waals surface area contributed by atoms with Crippen LogP contribution >= 0.6 is 22.9 Å². The molecule has 0 spiro atoms. The Hall–Kier alpha value is -3.16. The molecule has 0 fully saturated rings. The van der Waals surface area contributed by atoms with E-state index >= 15 is 0 Å². The molecule has 32 heavy (non-hydrogen) atoms. The Labute approximate surface area is 191 Å². The molecule has 0 amide bonds. The highest BCUT2D eigenvalue weighted by Crippen LogP contribution is 2.42. The first-order valence-electron chi connectivity index (χ1n) is 9.50. The predicted molar refractivity (Wildman–Crippen MR) is 118 cm³/mol. The molecular formula is C24H16ClF3NO2S+. The van der Waals surface area contributed by atoms with Gasteiger partial charge in [-0.05, 0) is 41.3 Å². The Balaban J connectivity index is 1.71. The van der Waals surface area contributed by atoms with Crippen molar-refractivity contribution < 1.29 is 27.7 Å². The molecule has 8 heteroatoms. The maximum atomic E-state index is 12.9. The van der Waals surface area contributed by atoms with E-state index in [1.165, 1.54) is 17.4 Å². The molecule has 0 aliphatic carbocycles. The van der Waals surface area contributed by atoms with E-state index in [-0.39, 0.29) is 0 Å². The molecule has 4 rings (SSSR count). The minimum absolute atomic E-state index is 0.346. The maximum Gasteiger partial charge on any atom is 0.455 e. The van der Waals surface area contributed by atoms with Crippen molar-refractivity contribution >= 4 is 28.7 Å². The number of rotatable bonds is 6. The zero-order valence-corrected chi connectivity index (χ0v) is 18.0. The molecule has 3 nitrogen and oxygen atoms in total. The second kappa shape index (κ2) is 9.14.